The number of nitrogens with zero attached hydrogens (tertiary/aromatic N) is 4. The quantitative estimate of drug-likeness (QED) is 0.605. The molecule has 0 radical (unpaired) electrons. The molecule has 31 heavy (non-hydrogen) atoms. The molecular formula is C22H34F2N4O2S. The highest BCUT2D eigenvalue weighted by molar-refractivity contribution is 7.12. The summed E-state index contributed by atoms with van der Waals surface area (Å²) in [7, 11) is 0. The Morgan fingerprint density at radius 3 is 2.71 bits per heavy atom. The topological polar surface area (TPSA) is 74.4 Å². The molecule has 3 heterocycles. The molecule has 0 saturated carbocycles. The van der Waals surface area contributed by atoms with E-state index in [9.17, 15) is 19.0 Å². The van der Waals surface area contributed by atoms with Gasteiger partial charge in [-0.25, -0.2) is 13.5 Å². The van der Waals surface area contributed by atoms with Gasteiger partial charge in [-0.1, -0.05) is 12.1 Å². The van der Waals surface area contributed by atoms with E-state index in [1.54, 1.807) is 4.68 Å². The van der Waals surface area contributed by atoms with Crippen LogP contribution in [0.1, 0.15) is 61.5 Å². The molecule has 1 saturated heterocycles. The predicted octanol–water partition coefficient (Wildman–Crippen LogP) is 3.35. The Bertz CT molecular complexity index is 870. The van der Waals surface area contributed by atoms with Crippen molar-refractivity contribution < 1.29 is 19.0 Å². The fraction of sp³-hybridized carbons (Fsp3) is 0.727. The first-order valence-corrected chi connectivity index (χ1v) is 11.7. The van der Waals surface area contributed by atoms with E-state index in [1.807, 2.05) is 26.1 Å². The number of thiophene rings is 1. The first-order chi connectivity index (χ1) is 14.6. The van der Waals surface area contributed by atoms with Crippen LogP contribution in [0, 0.1) is 0 Å². The summed E-state index contributed by atoms with van der Waals surface area (Å²) < 4.78 is 27.6. The molecule has 1 aliphatic heterocycles. The molecule has 1 fully saturated rings. The second-order valence-corrected chi connectivity index (χ2v) is 10.7. The molecule has 0 amide bonds. The van der Waals surface area contributed by atoms with Crippen molar-refractivity contribution in [3.05, 3.63) is 33.3 Å². The lowest BCUT2D eigenvalue weighted by Crippen LogP contribution is -2.46. The molecule has 174 valence electrons. The van der Waals surface area contributed by atoms with Gasteiger partial charge in [0.15, 0.2) is 0 Å². The maximum atomic E-state index is 12.9. The molecule has 0 bridgehead atoms. The van der Waals surface area contributed by atoms with E-state index in [0.29, 0.717) is 17.8 Å². The fourth-order valence-corrected chi connectivity index (χ4v) is 5.83. The fourth-order valence-electron chi connectivity index (χ4n) is 4.44. The molecule has 2 aromatic rings. The normalized spacial score (nSPS) is 23.1. The molecule has 0 aromatic carbocycles. The Balaban J connectivity index is 1.72. The molecule has 0 aliphatic carbocycles. The molecule has 3 rings (SSSR count). The van der Waals surface area contributed by atoms with Gasteiger partial charge in [0.25, 0.3) is 0 Å². The van der Waals surface area contributed by atoms with Gasteiger partial charge in [-0.2, -0.15) is 0 Å². The van der Waals surface area contributed by atoms with Crippen LogP contribution < -0.4 is 0 Å². The van der Waals surface area contributed by atoms with E-state index >= 15 is 0 Å². The largest absolute Gasteiger partial charge is 0.396 e. The number of hydrogen-bond acceptors (Lipinski definition) is 6. The Morgan fingerprint density at radius 2 is 2.10 bits per heavy atom. The molecule has 9 heteroatoms. The minimum Gasteiger partial charge on any atom is -0.396 e. The molecule has 2 atom stereocenters. The number of hydrogen-bond donors (Lipinski definition) is 2. The van der Waals surface area contributed by atoms with Crippen LogP contribution in [-0.2, 0) is 30.3 Å². The van der Waals surface area contributed by atoms with Crippen LogP contribution in [0.25, 0.3) is 0 Å². The number of alkyl halides is 2. The van der Waals surface area contributed by atoms with Crippen LogP contribution >= 0.6 is 11.3 Å². The number of piperidine rings is 1. The van der Waals surface area contributed by atoms with Gasteiger partial charge in [-0.3, -0.25) is 4.90 Å². The molecule has 6 nitrogen and oxygen atoms in total. The zero-order chi connectivity index (χ0) is 22.8. The van der Waals surface area contributed by atoms with Crippen molar-refractivity contribution in [3.8, 4) is 0 Å². The molecular weight excluding hydrogens is 422 g/mol. The van der Waals surface area contributed by atoms with Gasteiger partial charge in [-0.05, 0) is 58.2 Å². The zero-order valence-electron chi connectivity index (χ0n) is 18.8. The Kier molecular flexibility index (Phi) is 7.50. The average Bonchev–Trinajstić information content (AvgIpc) is 3.32. The van der Waals surface area contributed by atoms with Crippen molar-refractivity contribution in [1.82, 2.24) is 19.9 Å². The Morgan fingerprint density at radius 1 is 1.35 bits per heavy atom. The second kappa shape index (κ2) is 9.60. The monoisotopic (exact) mass is 456 g/mol. The highest BCUT2D eigenvalue weighted by atomic mass is 32.1. The third-order valence-corrected chi connectivity index (χ3v) is 7.88. The molecule has 0 spiro atoms. The van der Waals surface area contributed by atoms with E-state index in [4.69, 9.17) is 0 Å². The maximum absolute atomic E-state index is 12.9. The van der Waals surface area contributed by atoms with Gasteiger partial charge in [0, 0.05) is 40.8 Å². The van der Waals surface area contributed by atoms with E-state index in [2.05, 4.69) is 29.1 Å². The van der Waals surface area contributed by atoms with E-state index in [0.717, 1.165) is 35.5 Å². The van der Waals surface area contributed by atoms with E-state index < -0.39 is 12.0 Å². The van der Waals surface area contributed by atoms with Crippen molar-refractivity contribution in [2.45, 2.75) is 83.3 Å². The van der Waals surface area contributed by atoms with Gasteiger partial charge in [0.2, 0.25) is 6.43 Å². The average molecular weight is 457 g/mol. The van der Waals surface area contributed by atoms with Gasteiger partial charge >= 0.3 is 0 Å². The summed E-state index contributed by atoms with van der Waals surface area (Å²) in [5, 5.41) is 27.5. The van der Waals surface area contributed by atoms with Crippen LogP contribution in [0.3, 0.4) is 0 Å². The molecule has 2 N–H and O–H groups in total. The molecule has 0 unspecified atom stereocenters. The molecule has 1 aliphatic rings. The zero-order valence-corrected chi connectivity index (χ0v) is 19.6. The van der Waals surface area contributed by atoms with Crippen LogP contribution in [0.4, 0.5) is 8.78 Å². The predicted molar refractivity (Wildman–Crippen MR) is 118 cm³/mol. The summed E-state index contributed by atoms with van der Waals surface area (Å²) in [5.74, 6) is 0. The number of aliphatic hydroxyl groups is 2. The minimum absolute atomic E-state index is 0.0151. The van der Waals surface area contributed by atoms with Crippen molar-refractivity contribution in [2.24, 2.45) is 0 Å². The van der Waals surface area contributed by atoms with Gasteiger partial charge in [-0.15, -0.1) is 16.4 Å². The van der Waals surface area contributed by atoms with E-state index in [1.165, 1.54) is 11.3 Å². The van der Waals surface area contributed by atoms with Crippen LogP contribution in [0.2, 0.25) is 0 Å². The van der Waals surface area contributed by atoms with Crippen molar-refractivity contribution in [1.29, 1.82) is 0 Å². The SMILES string of the molecule is C[C@H]1C[C@@](C)(c2sc(CC(F)F)cc2CCO)CCN1Cc1cn(C(C)(C)CO)nn1. The lowest BCUT2D eigenvalue weighted by Gasteiger charge is -2.43. The number of halogens is 2. The van der Waals surface area contributed by atoms with Crippen molar-refractivity contribution in [3.63, 3.8) is 0 Å². The van der Waals surface area contributed by atoms with Crippen molar-refractivity contribution in [2.75, 3.05) is 19.8 Å². The lowest BCUT2D eigenvalue weighted by atomic mass is 9.74. The third kappa shape index (κ3) is 5.50. The first kappa shape index (κ1) is 24.2. The van der Waals surface area contributed by atoms with Crippen molar-refractivity contribution >= 4 is 11.3 Å². The highest BCUT2D eigenvalue weighted by Crippen LogP contribution is 2.44. The summed E-state index contributed by atoms with van der Waals surface area (Å²) in [6.07, 6.45) is 1.65. The Labute approximate surface area is 186 Å². The molecule has 2 aromatic heterocycles. The van der Waals surface area contributed by atoms with Gasteiger partial charge in [0.1, 0.15) is 0 Å². The summed E-state index contributed by atoms with van der Waals surface area (Å²) in [4.78, 5) is 4.23. The first-order valence-electron chi connectivity index (χ1n) is 10.9. The summed E-state index contributed by atoms with van der Waals surface area (Å²) >= 11 is 1.49. The smallest absolute Gasteiger partial charge is 0.243 e. The standard InChI is InChI=1S/C22H34F2N4O2S/c1-15-11-22(4,20-16(5-8-29)9-18(31-20)10-19(23)24)6-7-27(15)12-17-13-28(26-25-17)21(2,3)14-30/h9,13,15,19,29-30H,5-8,10-12,14H2,1-4H3/t15-,22-/m0/s1. The number of aliphatic hydroxyl groups excluding tert-OH is 2. The summed E-state index contributed by atoms with van der Waals surface area (Å²) in [6.45, 7) is 9.80. The second-order valence-electron chi connectivity index (χ2n) is 9.60. The van der Waals surface area contributed by atoms with Crippen LogP contribution in [-0.4, -0.2) is 62.3 Å². The van der Waals surface area contributed by atoms with Crippen LogP contribution in [0.5, 0.6) is 0 Å². The summed E-state index contributed by atoms with van der Waals surface area (Å²) in [5.41, 5.74) is 1.30. The van der Waals surface area contributed by atoms with E-state index in [-0.39, 0.29) is 31.1 Å². The lowest BCUT2D eigenvalue weighted by molar-refractivity contribution is 0.103. The van der Waals surface area contributed by atoms with Crippen LogP contribution in [0.15, 0.2) is 12.3 Å². The maximum Gasteiger partial charge on any atom is 0.243 e. The minimum atomic E-state index is -2.36. The number of rotatable bonds is 9. The van der Waals surface area contributed by atoms with Gasteiger partial charge in [0.05, 0.1) is 24.0 Å². The summed E-state index contributed by atoms with van der Waals surface area (Å²) in [6, 6.07) is 2.16. The van der Waals surface area contributed by atoms with Gasteiger partial charge < -0.3 is 10.2 Å². The third-order valence-electron chi connectivity index (χ3n) is 6.38. The Hall–Kier alpha value is -1.42. The highest BCUT2D eigenvalue weighted by Gasteiger charge is 2.38. The number of aromatic nitrogens is 3. The number of likely N-dealkylation sites (tertiary alicyclic amines) is 1.